The number of nitrogens with zero attached hydrogens (tertiary/aromatic N) is 1. The molecule has 0 radical (unpaired) electrons. The van der Waals surface area contributed by atoms with Crippen molar-refractivity contribution in [3.8, 4) is 11.5 Å². The minimum Gasteiger partial charge on any atom is -0.497 e. The molecule has 4 aromatic rings. The number of aromatic nitrogens is 1. The molecule has 1 saturated heterocycles. The number of para-hydroxylation sites is 1. The van der Waals surface area contributed by atoms with Crippen LogP contribution in [0.2, 0.25) is 0 Å². The van der Waals surface area contributed by atoms with E-state index in [2.05, 4.69) is 45.5 Å². The molecule has 7 heteroatoms. The van der Waals surface area contributed by atoms with Crippen molar-refractivity contribution >= 4 is 16.6 Å². The summed E-state index contributed by atoms with van der Waals surface area (Å²) in [7, 11) is 3.47. The number of H-pyrrole nitrogens is 1. The van der Waals surface area contributed by atoms with Gasteiger partial charge in [0.2, 0.25) is 0 Å². The average Bonchev–Trinajstić information content (AvgIpc) is 3.32. The van der Waals surface area contributed by atoms with Crippen molar-refractivity contribution in [3.63, 3.8) is 0 Å². The Kier molecular flexibility index (Phi) is 6.49. The Labute approximate surface area is 217 Å². The van der Waals surface area contributed by atoms with Crippen molar-refractivity contribution in [1.82, 2.24) is 4.98 Å². The molecule has 1 atom stereocenters. The summed E-state index contributed by atoms with van der Waals surface area (Å²) in [5, 5.41) is 3.69. The van der Waals surface area contributed by atoms with E-state index in [1.54, 1.807) is 26.4 Å². The fraction of sp³-hybridized carbons (Fsp3) is 0.333. The van der Waals surface area contributed by atoms with Gasteiger partial charge in [-0.15, -0.1) is 0 Å². The number of hydrogen-bond donors (Lipinski definition) is 3. The number of fused-ring (bicyclic) bond motifs is 3. The number of anilines is 1. The van der Waals surface area contributed by atoms with Crippen molar-refractivity contribution in [2.45, 2.75) is 19.0 Å². The maximum Gasteiger partial charge on any atom is 0.153 e. The van der Waals surface area contributed by atoms with Crippen LogP contribution < -0.4 is 24.6 Å². The summed E-state index contributed by atoms with van der Waals surface area (Å²) in [5.41, 5.74) is 7.08. The van der Waals surface area contributed by atoms with Gasteiger partial charge in [0.25, 0.3) is 0 Å². The van der Waals surface area contributed by atoms with E-state index in [1.165, 1.54) is 32.7 Å². The third-order valence-corrected chi connectivity index (χ3v) is 8.02. The monoisotopic (exact) mass is 502 g/mol. The van der Waals surface area contributed by atoms with Crippen molar-refractivity contribution in [2.24, 2.45) is 0 Å². The number of nitrogens with two attached hydrogens (primary N) is 1. The van der Waals surface area contributed by atoms with E-state index in [4.69, 9.17) is 9.47 Å². The van der Waals surface area contributed by atoms with Crippen molar-refractivity contribution < 1.29 is 24.1 Å². The molecule has 37 heavy (non-hydrogen) atoms. The van der Waals surface area contributed by atoms with E-state index < -0.39 is 0 Å². The highest BCUT2D eigenvalue weighted by Gasteiger charge is 2.30. The molecular weight excluding hydrogens is 467 g/mol. The molecule has 4 N–H and O–H groups in total. The smallest absolute Gasteiger partial charge is 0.153 e. The molecule has 6 nitrogen and oxygen atoms in total. The van der Waals surface area contributed by atoms with Crippen LogP contribution in [-0.2, 0) is 13.0 Å². The first-order valence-electron chi connectivity index (χ1n) is 13.2. The number of rotatable bonds is 6. The van der Waals surface area contributed by atoms with E-state index in [9.17, 15) is 4.39 Å². The molecule has 2 aliphatic heterocycles. The van der Waals surface area contributed by atoms with Gasteiger partial charge >= 0.3 is 0 Å². The zero-order chi connectivity index (χ0) is 25.4. The molecule has 0 aliphatic carbocycles. The highest BCUT2D eigenvalue weighted by molar-refractivity contribution is 5.86. The Morgan fingerprint density at radius 1 is 1.03 bits per heavy atom. The molecule has 0 bridgehead atoms. The Morgan fingerprint density at radius 2 is 1.86 bits per heavy atom. The predicted octanol–water partition coefficient (Wildman–Crippen LogP) is 2.44. The molecule has 0 saturated carbocycles. The van der Waals surface area contributed by atoms with Crippen LogP contribution in [0.15, 0.2) is 60.7 Å². The summed E-state index contributed by atoms with van der Waals surface area (Å²) in [6.45, 7) is 5.56. The Hall–Kier alpha value is -3.55. The van der Waals surface area contributed by atoms with Gasteiger partial charge in [0.05, 0.1) is 58.3 Å². The van der Waals surface area contributed by atoms with E-state index in [-0.39, 0.29) is 11.9 Å². The van der Waals surface area contributed by atoms with Crippen LogP contribution in [0.3, 0.4) is 0 Å². The topological polar surface area (TPSA) is 58.5 Å². The summed E-state index contributed by atoms with van der Waals surface area (Å²) in [5.74, 6) is 1.69. The summed E-state index contributed by atoms with van der Waals surface area (Å²) in [4.78, 5) is 7.37. The normalized spacial score (nSPS) is 18.1. The quantitative estimate of drug-likeness (QED) is 0.380. The van der Waals surface area contributed by atoms with E-state index >= 15 is 0 Å². The van der Waals surface area contributed by atoms with Crippen molar-refractivity contribution in [3.05, 3.63) is 88.9 Å². The maximum absolute atomic E-state index is 14.3. The number of halogens is 1. The van der Waals surface area contributed by atoms with Gasteiger partial charge < -0.3 is 29.6 Å². The number of piperazine rings is 1. The van der Waals surface area contributed by atoms with Crippen LogP contribution >= 0.6 is 0 Å². The van der Waals surface area contributed by atoms with Gasteiger partial charge in [-0.25, -0.2) is 4.39 Å². The molecule has 0 spiro atoms. The van der Waals surface area contributed by atoms with Crippen LogP contribution in [0.4, 0.5) is 10.1 Å². The van der Waals surface area contributed by atoms with Crippen LogP contribution in [0.5, 0.6) is 11.5 Å². The van der Waals surface area contributed by atoms with E-state index in [1.807, 2.05) is 18.2 Å². The Balaban J connectivity index is 1.23. The molecule has 3 aromatic carbocycles. The van der Waals surface area contributed by atoms with Gasteiger partial charge in [0.15, 0.2) is 6.04 Å². The van der Waals surface area contributed by atoms with Gasteiger partial charge in [-0.2, -0.15) is 0 Å². The third-order valence-electron chi connectivity index (χ3n) is 8.02. The van der Waals surface area contributed by atoms with Gasteiger partial charge in [-0.3, -0.25) is 0 Å². The zero-order valence-electron chi connectivity index (χ0n) is 21.5. The highest BCUT2D eigenvalue weighted by Crippen LogP contribution is 2.34. The lowest BCUT2D eigenvalue weighted by molar-refractivity contribution is -0.914. The Morgan fingerprint density at radius 3 is 2.65 bits per heavy atom. The number of quaternary nitrogens is 2. The number of methoxy groups -OCH3 is 2. The molecular formula is C30H35FN4O2+2. The van der Waals surface area contributed by atoms with Crippen molar-refractivity contribution in [1.29, 1.82) is 0 Å². The summed E-state index contributed by atoms with van der Waals surface area (Å²) in [6.07, 6.45) is 1.04. The van der Waals surface area contributed by atoms with Gasteiger partial charge in [0.1, 0.15) is 23.9 Å². The standard InChI is InChI=1S/C30H33FN4O2/c1-36-22-8-9-26-24(18-22)23-11-12-32-29(30(23)33-26)20-7-10-28(37-2)21(17-20)19-34-13-15-35(16-14-34)27-6-4-3-5-25(27)31/h3-10,17-18,29,32-33H,11-16,19H2,1-2H3/p+2/t29-/m1/s1. The first-order chi connectivity index (χ1) is 18.1. The fourth-order valence-electron chi connectivity index (χ4n) is 6.07. The van der Waals surface area contributed by atoms with Crippen LogP contribution in [0, 0.1) is 5.82 Å². The second kappa shape index (κ2) is 10.1. The minimum absolute atomic E-state index is 0.140. The minimum atomic E-state index is -0.140. The molecule has 192 valence electrons. The summed E-state index contributed by atoms with van der Waals surface area (Å²) < 4.78 is 25.5. The first-order valence-corrected chi connectivity index (χ1v) is 13.2. The third kappa shape index (κ3) is 4.54. The number of nitrogens with one attached hydrogen (secondary N) is 2. The average molecular weight is 503 g/mol. The Bertz CT molecular complexity index is 1410. The molecule has 6 rings (SSSR count). The molecule has 3 heterocycles. The fourth-order valence-corrected chi connectivity index (χ4v) is 6.07. The zero-order valence-corrected chi connectivity index (χ0v) is 21.5. The largest absolute Gasteiger partial charge is 0.497 e. The first kappa shape index (κ1) is 23.8. The van der Waals surface area contributed by atoms with Crippen LogP contribution in [0.25, 0.3) is 10.9 Å². The second-order valence-corrected chi connectivity index (χ2v) is 10.1. The lowest BCUT2D eigenvalue weighted by Gasteiger charge is -2.34. The van der Waals surface area contributed by atoms with Gasteiger partial charge in [-0.1, -0.05) is 12.1 Å². The highest BCUT2D eigenvalue weighted by atomic mass is 19.1. The van der Waals surface area contributed by atoms with Crippen molar-refractivity contribution in [2.75, 3.05) is 51.8 Å². The molecule has 1 fully saturated rings. The predicted molar refractivity (Wildman–Crippen MR) is 143 cm³/mol. The lowest BCUT2D eigenvalue weighted by atomic mass is 9.93. The summed E-state index contributed by atoms with van der Waals surface area (Å²) >= 11 is 0. The lowest BCUT2D eigenvalue weighted by Crippen LogP contribution is -3.13. The molecule has 0 amide bonds. The van der Waals surface area contributed by atoms with Gasteiger partial charge in [0, 0.05) is 28.5 Å². The number of hydrogen-bond acceptors (Lipinski definition) is 3. The van der Waals surface area contributed by atoms with Crippen LogP contribution in [-0.4, -0.2) is 51.9 Å². The van der Waals surface area contributed by atoms with E-state index in [0.717, 1.165) is 62.7 Å². The van der Waals surface area contributed by atoms with Gasteiger partial charge in [-0.05, 0) is 54.1 Å². The molecule has 1 aromatic heterocycles. The number of aromatic amines is 1. The molecule has 0 unspecified atom stereocenters. The second-order valence-electron chi connectivity index (χ2n) is 10.1. The summed E-state index contributed by atoms with van der Waals surface area (Å²) in [6, 6.07) is 20.2. The molecule has 2 aliphatic rings. The SMILES string of the molecule is COc1ccc2[nH]c3c(c2c1)CC[NH2+][C@@H]3c1ccc(OC)c(C[NH+]2CCN(c3ccccc3F)CC2)c1. The maximum atomic E-state index is 14.3. The van der Waals surface area contributed by atoms with Crippen LogP contribution in [0.1, 0.15) is 28.4 Å². The van der Waals surface area contributed by atoms with E-state index in [0.29, 0.717) is 5.69 Å². The number of ether oxygens (including phenoxy) is 2. The number of benzene rings is 3.